The summed E-state index contributed by atoms with van der Waals surface area (Å²) in [4.78, 5) is 0. The molecule has 1 aliphatic heterocycles. The predicted molar refractivity (Wildman–Crippen MR) is 72.4 cm³/mol. The molecule has 2 aromatic carbocycles. The van der Waals surface area contributed by atoms with Gasteiger partial charge in [0.2, 0.25) is 0 Å². The fourth-order valence-electron chi connectivity index (χ4n) is 2.06. The second-order valence-corrected chi connectivity index (χ2v) is 6.31. The number of para-hydroxylation sites is 1. The van der Waals surface area contributed by atoms with Gasteiger partial charge in [0.15, 0.2) is 0 Å². The van der Waals surface area contributed by atoms with Crippen molar-refractivity contribution in [2.75, 3.05) is 6.66 Å². The summed E-state index contributed by atoms with van der Waals surface area (Å²) < 4.78 is 18.0. The third kappa shape index (κ3) is 1.79. The second-order valence-electron chi connectivity index (χ2n) is 3.95. The number of fused-ring (bicyclic) bond motifs is 3. The lowest BCUT2D eigenvalue weighted by atomic mass is 10.0. The third-order valence-electron chi connectivity index (χ3n) is 2.79. The maximum absolute atomic E-state index is 12.4. The van der Waals surface area contributed by atoms with E-state index in [0.717, 1.165) is 16.4 Å². The minimum Gasteiger partial charge on any atom is -0.439 e. The lowest BCUT2D eigenvalue weighted by Crippen LogP contribution is -2.16. The van der Waals surface area contributed by atoms with E-state index in [9.17, 15) is 4.57 Å². The first-order valence-corrected chi connectivity index (χ1v) is 7.22. The SMILES string of the molecule is C.CP1(=O)Oc2ccccc2-c2ccccc21. The molecule has 3 rings (SSSR count). The molecule has 0 saturated carbocycles. The Morgan fingerprint density at radius 2 is 1.53 bits per heavy atom. The van der Waals surface area contributed by atoms with E-state index in [1.54, 1.807) is 6.66 Å². The smallest absolute Gasteiger partial charge is 0.274 e. The molecule has 2 nitrogen and oxygen atoms in total. The van der Waals surface area contributed by atoms with Gasteiger partial charge in [0.25, 0.3) is 7.37 Å². The summed E-state index contributed by atoms with van der Waals surface area (Å²) in [7, 11) is -2.71. The first-order valence-electron chi connectivity index (χ1n) is 5.14. The normalized spacial score (nSPS) is 20.5. The van der Waals surface area contributed by atoms with Crippen LogP contribution in [0.2, 0.25) is 0 Å². The first-order chi connectivity index (χ1) is 7.68. The van der Waals surface area contributed by atoms with Crippen LogP contribution >= 0.6 is 7.37 Å². The first kappa shape index (κ1) is 11.9. The minimum absolute atomic E-state index is 0. The lowest BCUT2D eigenvalue weighted by molar-refractivity contribution is 0.497. The summed E-state index contributed by atoms with van der Waals surface area (Å²) in [5.74, 6) is 0.715. The second kappa shape index (κ2) is 4.05. The van der Waals surface area contributed by atoms with E-state index in [1.807, 2.05) is 48.5 Å². The Morgan fingerprint density at radius 3 is 2.29 bits per heavy atom. The summed E-state index contributed by atoms with van der Waals surface area (Å²) in [6, 6.07) is 15.4. The van der Waals surface area contributed by atoms with Crippen molar-refractivity contribution in [2.45, 2.75) is 7.43 Å². The van der Waals surface area contributed by atoms with Gasteiger partial charge < -0.3 is 4.52 Å². The molecular formula is C14H15O2P. The molecule has 0 aliphatic carbocycles. The molecule has 0 bridgehead atoms. The Labute approximate surface area is 102 Å². The van der Waals surface area contributed by atoms with Gasteiger partial charge in [0.05, 0.1) is 5.30 Å². The van der Waals surface area contributed by atoms with E-state index in [4.69, 9.17) is 4.52 Å². The van der Waals surface area contributed by atoms with Gasteiger partial charge in [-0.3, -0.25) is 4.57 Å². The van der Waals surface area contributed by atoms with Gasteiger partial charge >= 0.3 is 0 Å². The maximum Gasteiger partial charge on any atom is 0.274 e. The zero-order chi connectivity index (χ0) is 11.2. The molecule has 0 aromatic heterocycles. The van der Waals surface area contributed by atoms with E-state index in [0.29, 0.717) is 5.75 Å². The Kier molecular flexibility index (Phi) is 2.84. The molecule has 2 aromatic rings. The zero-order valence-electron chi connectivity index (χ0n) is 8.88. The number of hydrogen-bond donors (Lipinski definition) is 0. The van der Waals surface area contributed by atoms with Gasteiger partial charge in [0.1, 0.15) is 5.75 Å². The Bertz CT molecular complexity index is 605. The molecule has 0 radical (unpaired) electrons. The van der Waals surface area contributed by atoms with E-state index < -0.39 is 7.37 Å². The Balaban J connectivity index is 0.00000108. The molecule has 1 unspecified atom stereocenters. The molecule has 17 heavy (non-hydrogen) atoms. The zero-order valence-corrected chi connectivity index (χ0v) is 9.78. The van der Waals surface area contributed by atoms with Crippen LogP contribution < -0.4 is 9.83 Å². The molecule has 0 saturated heterocycles. The number of hydrogen-bond acceptors (Lipinski definition) is 2. The van der Waals surface area contributed by atoms with Crippen molar-refractivity contribution in [3.05, 3.63) is 48.5 Å². The molecule has 1 heterocycles. The molecule has 1 aliphatic rings. The van der Waals surface area contributed by atoms with Crippen LogP contribution in [0.4, 0.5) is 0 Å². The van der Waals surface area contributed by atoms with Crippen molar-refractivity contribution in [1.29, 1.82) is 0 Å². The number of benzene rings is 2. The summed E-state index contributed by atoms with van der Waals surface area (Å²) in [6.07, 6.45) is 0. The van der Waals surface area contributed by atoms with Crippen LogP contribution in [0.1, 0.15) is 7.43 Å². The average Bonchev–Trinajstić information content (AvgIpc) is 2.29. The molecule has 1 atom stereocenters. The molecule has 0 N–H and O–H groups in total. The van der Waals surface area contributed by atoms with Crippen LogP contribution in [-0.4, -0.2) is 6.66 Å². The van der Waals surface area contributed by atoms with E-state index >= 15 is 0 Å². The van der Waals surface area contributed by atoms with Crippen molar-refractivity contribution < 1.29 is 9.09 Å². The van der Waals surface area contributed by atoms with Crippen LogP contribution in [0, 0.1) is 0 Å². The Morgan fingerprint density at radius 1 is 0.941 bits per heavy atom. The van der Waals surface area contributed by atoms with Crippen molar-refractivity contribution in [3.63, 3.8) is 0 Å². The fraction of sp³-hybridized carbons (Fsp3) is 0.143. The van der Waals surface area contributed by atoms with Gasteiger partial charge in [0, 0.05) is 12.2 Å². The molecule has 0 fully saturated rings. The molecule has 3 heteroatoms. The van der Waals surface area contributed by atoms with Crippen molar-refractivity contribution in [3.8, 4) is 16.9 Å². The summed E-state index contributed by atoms with van der Waals surface area (Å²) in [5, 5.41) is 0.814. The van der Waals surface area contributed by atoms with Crippen LogP contribution in [-0.2, 0) is 4.57 Å². The van der Waals surface area contributed by atoms with Gasteiger partial charge in [-0.25, -0.2) is 0 Å². The highest BCUT2D eigenvalue weighted by molar-refractivity contribution is 7.67. The van der Waals surface area contributed by atoms with E-state index in [-0.39, 0.29) is 7.43 Å². The summed E-state index contributed by atoms with van der Waals surface area (Å²) in [6.45, 7) is 1.67. The van der Waals surface area contributed by atoms with Gasteiger partial charge in [-0.2, -0.15) is 0 Å². The average molecular weight is 246 g/mol. The minimum atomic E-state index is -2.71. The van der Waals surface area contributed by atoms with Gasteiger partial charge in [-0.05, 0) is 17.7 Å². The highest BCUT2D eigenvalue weighted by Gasteiger charge is 2.30. The van der Waals surface area contributed by atoms with Gasteiger partial charge in [-0.1, -0.05) is 43.8 Å². The quantitative estimate of drug-likeness (QED) is 0.658. The van der Waals surface area contributed by atoms with Crippen molar-refractivity contribution >= 4 is 12.7 Å². The monoisotopic (exact) mass is 246 g/mol. The topological polar surface area (TPSA) is 26.3 Å². The van der Waals surface area contributed by atoms with Crippen LogP contribution in [0.5, 0.6) is 5.75 Å². The lowest BCUT2D eigenvalue weighted by Gasteiger charge is -2.25. The fourth-order valence-corrected chi connectivity index (χ4v) is 3.68. The number of rotatable bonds is 0. The van der Waals surface area contributed by atoms with E-state index in [1.165, 1.54) is 0 Å². The molecule has 0 spiro atoms. The predicted octanol–water partition coefficient (Wildman–Crippen LogP) is 3.92. The standard InChI is InChI=1S/C13H11O2P.CH4/c1-16(14)13-9-5-3-7-11(13)10-6-2-4-8-12(10)15-16;/h2-9H,1H3;1H4. The molecule has 88 valence electrons. The maximum atomic E-state index is 12.4. The summed E-state index contributed by atoms with van der Waals surface area (Å²) >= 11 is 0. The van der Waals surface area contributed by atoms with Crippen LogP contribution in [0.3, 0.4) is 0 Å². The largest absolute Gasteiger partial charge is 0.439 e. The highest BCUT2D eigenvalue weighted by atomic mass is 31.2. The van der Waals surface area contributed by atoms with E-state index in [2.05, 4.69) is 0 Å². The van der Waals surface area contributed by atoms with Crippen molar-refractivity contribution in [2.24, 2.45) is 0 Å². The Hall–Kier alpha value is -1.53. The molecule has 0 amide bonds. The third-order valence-corrected chi connectivity index (χ3v) is 4.60. The summed E-state index contributed by atoms with van der Waals surface area (Å²) in [5.41, 5.74) is 2.04. The molecular weight excluding hydrogens is 231 g/mol. The van der Waals surface area contributed by atoms with Crippen LogP contribution in [0.25, 0.3) is 11.1 Å². The van der Waals surface area contributed by atoms with Gasteiger partial charge in [-0.15, -0.1) is 0 Å². The van der Waals surface area contributed by atoms with Crippen LogP contribution in [0.15, 0.2) is 48.5 Å². The highest BCUT2D eigenvalue weighted by Crippen LogP contribution is 2.51. The van der Waals surface area contributed by atoms with Crippen molar-refractivity contribution in [1.82, 2.24) is 0 Å².